The van der Waals surface area contributed by atoms with E-state index in [1.54, 1.807) is 7.11 Å². The van der Waals surface area contributed by atoms with Crippen molar-refractivity contribution in [1.82, 2.24) is 10.2 Å². The summed E-state index contributed by atoms with van der Waals surface area (Å²) in [4.78, 5) is 20.4. The number of benzene rings is 1. The lowest BCUT2D eigenvalue weighted by molar-refractivity contribution is -0.143. The van der Waals surface area contributed by atoms with E-state index in [9.17, 15) is 4.79 Å². The highest BCUT2D eigenvalue weighted by Crippen LogP contribution is 2.28. The minimum absolute atomic E-state index is 0.0849. The van der Waals surface area contributed by atoms with Crippen LogP contribution in [0.3, 0.4) is 0 Å². The van der Waals surface area contributed by atoms with E-state index in [0.29, 0.717) is 13.0 Å². The average molecular weight is 405 g/mol. The summed E-state index contributed by atoms with van der Waals surface area (Å²) >= 11 is 0. The number of nitrogens with one attached hydrogen (secondary N) is 1. The Morgan fingerprint density at radius 2 is 1.83 bits per heavy atom. The van der Waals surface area contributed by atoms with E-state index in [1.165, 1.54) is 0 Å². The van der Waals surface area contributed by atoms with E-state index < -0.39 is 0 Å². The molecule has 0 saturated carbocycles. The van der Waals surface area contributed by atoms with Gasteiger partial charge in [0.2, 0.25) is 0 Å². The number of rotatable bonds is 10. The number of unbranched alkanes of at least 4 members (excludes halogenated alkanes) is 3. The molecule has 1 heterocycles. The number of methoxy groups -OCH3 is 1. The fourth-order valence-corrected chi connectivity index (χ4v) is 3.56. The number of carbonyl (C=O) groups is 1. The molecule has 1 aromatic rings. The first-order valence-corrected chi connectivity index (χ1v) is 10.7. The zero-order valence-electron chi connectivity index (χ0n) is 18.2. The summed E-state index contributed by atoms with van der Waals surface area (Å²) in [7, 11) is 3.56. The van der Waals surface area contributed by atoms with Gasteiger partial charge in [0, 0.05) is 46.2 Å². The molecular formula is C22H36N4O3. The molecule has 2 rings (SSSR count). The number of nitrogens with zero attached hydrogens (tertiary/aromatic N) is 3. The summed E-state index contributed by atoms with van der Waals surface area (Å²) < 4.78 is 10.4. The fourth-order valence-electron chi connectivity index (χ4n) is 3.56. The Morgan fingerprint density at radius 3 is 2.52 bits per heavy atom. The highest BCUT2D eigenvalue weighted by atomic mass is 16.5. The summed E-state index contributed by atoms with van der Waals surface area (Å²) in [5, 5.41) is 3.48. The molecule has 1 N–H and O–H groups in total. The number of carbonyl (C=O) groups excluding carboxylic acids is 1. The Morgan fingerprint density at radius 1 is 1.10 bits per heavy atom. The van der Waals surface area contributed by atoms with Crippen molar-refractivity contribution in [2.75, 3.05) is 58.4 Å². The van der Waals surface area contributed by atoms with Crippen molar-refractivity contribution in [3.63, 3.8) is 0 Å². The zero-order chi connectivity index (χ0) is 20.9. The normalized spacial score (nSPS) is 14.7. The van der Waals surface area contributed by atoms with Gasteiger partial charge < -0.3 is 24.6 Å². The van der Waals surface area contributed by atoms with Crippen LogP contribution in [0.2, 0.25) is 0 Å². The minimum atomic E-state index is -0.0849. The molecular weight excluding hydrogens is 368 g/mol. The Labute approximate surface area is 175 Å². The second-order valence-electron chi connectivity index (χ2n) is 7.09. The van der Waals surface area contributed by atoms with Crippen molar-refractivity contribution in [3.8, 4) is 5.75 Å². The first-order valence-electron chi connectivity index (χ1n) is 10.7. The summed E-state index contributed by atoms with van der Waals surface area (Å²) in [5.74, 6) is 1.81. The third-order valence-electron chi connectivity index (χ3n) is 5.11. The first kappa shape index (κ1) is 22.8. The number of para-hydroxylation sites is 2. The molecule has 1 fully saturated rings. The predicted molar refractivity (Wildman–Crippen MR) is 118 cm³/mol. The van der Waals surface area contributed by atoms with Crippen molar-refractivity contribution in [2.45, 2.75) is 39.0 Å². The second kappa shape index (κ2) is 12.9. The number of aliphatic imine (C=N–C) groups is 1. The van der Waals surface area contributed by atoms with E-state index in [0.717, 1.165) is 75.8 Å². The highest BCUT2D eigenvalue weighted by molar-refractivity contribution is 5.80. The van der Waals surface area contributed by atoms with E-state index in [1.807, 2.05) is 26.1 Å². The van der Waals surface area contributed by atoms with Gasteiger partial charge in [-0.1, -0.05) is 25.0 Å². The van der Waals surface area contributed by atoms with E-state index in [2.05, 4.69) is 32.2 Å². The van der Waals surface area contributed by atoms with Crippen LogP contribution in [0, 0.1) is 0 Å². The highest BCUT2D eigenvalue weighted by Gasteiger charge is 2.21. The minimum Gasteiger partial charge on any atom is -0.495 e. The van der Waals surface area contributed by atoms with Crippen LogP contribution in [0.5, 0.6) is 5.75 Å². The molecule has 0 bridgehead atoms. The SMILES string of the molecule is CCOC(=O)CCCCCCNC(=NC)N1CCN(c2ccccc2OC)CC1. The number of hydrogen-bond donors (Lipinski definition) is 1. The lowest BCUT2D eigenvalue weighted by Gasteiger charge is -2.38. The van der Waals surface area contributed by atoms with Gasteiger partial charge in [-0.3, -0.25) is 9.79 Å². The van der Waals surface area contributed by atoms with Crippen molar-refractivity contribution >= 4 is 17.6 Å². The maximum Gasteiger partial charge on any atom is 0.305 e. The number of hydrogen-bond acceptors (Lipinski definition) is 5. The van der Waals surface area contributed by atoms with Gasteiger partial charge in [-0.15, -0.1) is 0 Å². The summed E-state index contributed by atoms with van der Waals surface area (Å²) in [5.41, 5.74) is 1.15. The van der Waals surface area contributed by atoms with Crippen LogP contribution in [-0.2, 0) is 9.53 Å². The van der Waals surface area contributed by atoms with E-state index in [4.69, 9.17) is 9.47 Å². The van der Waals surface area contributed by atoms with Gasteiger partial charge in [-0.25, -0.2) is 0 Å². The molecule has 0 spiro atoms. The monoisotopic (exact) mass is 404 g/mol. The van der Waals surface area contributed by atoms with Crippen LogP contribution in [-0.4, -0.2) is 70.3 Å². The second-order valence-corrected chi connectivity index (χ2v) is 7.09. The molecule has 0 radical (unpaired) electrons. The van der Waals surface area contributed by atoms with Gasteiger partial charge >= 0.3 is 5.97 Å². The van der Waals surface area contributed by atoms with Gasteiger partial charge in [0.1, 0.15) is 5.75 Å². The lowest BCUT2D eigenvalue weighted by Crippen LogP contribution is -2.52. The Balaban J connectivity index is 1.65. The molecule has 0 amide bonds. The average Bonchev–Trinajstić information content (AvgIpc) is 2.76. The number of piperazine rings is 1. The molecule has 7 nitrogen and oxygen atoms in total. The number of esters is 1. The molecule has 0 aromatic heterocycles. The Kier molecular flexibility index (Phi) is 10.2. The third kappa shape index (κ3) is 7.48. The van der Waals surface area contributed by atoms with Crippen molar-refractivity contribution < 1.29 is 14.3 Å². The predicted octanol–water partition coefficient (Wildman–Crippen LogP) is 2.91. The van der Waals surface area contributed by atoms with E-state index in [-0.39, 0.29) is 5.97 Å². The maximum absolute atomic E-state index is 11.3. The molecule has 7 heteroatoms. The standard InChI is InChI=1S/C22H36N4O3/c1-4-29-21(27)13-7-5-6-10-14-24-22(23-2)26-17-15-25(16-18-26)19-11-8-9-12-20(19)28-3/h8-9,11-12H,4-7,10,13-18H2,1-3H3,(H,23,24). The first-order chi connectivity index (χ1) is 14.2. The fraction of sp³-hybridized carbons (Fsp3) is 0.636. The summed E-state index contributed by atoms with van der Waals surface area (Å²) in [6.07, 6.45) is 4.66. The van der Waals surface area contributed by atoms with Crippen LogP contribution in [0.4, 0.5) is 5.69 Å². The maximum atomic E-state index is 11.3. The van der Waals surface area contributed by atoms with Crippen molar-refractivity contribution in [3.05, 3.63) is 24.3 Å². The topological polar surface area (TPSA) is 66.4 Å². The van der Waals surface area contributed by atoms with Crippen LogP contribution < -0.4 is 15.0 Å². The molecule has 0 atom stereocenters. The van der Waals surface area contributed by atoms with Gasteiger partial charge in [0.25, 0.3) is 0 Å². The number of anilines is 1. The largest absolute Gasteiger partial charge is 0.495 e. The molecule has 1 saturated heterocycles. The van der Waals surface area contributed by atoms with Crippen LogP contribution in [0.25, 0.3) is 0 Å². The molecule has 0 unspecified atom stereocenters. The molecule has 1 aliphatic heterocycles. The third-order valence-corrected chi connectivity index (χ3v) is 5.11. The van der Waals surface area contributed by atoms with Crippen LogP contribution >= 0.6 is 0 Å². The van der Waals surface area contributed by atoms with Gasteiger partial charge in [0.05, 0.1) is 19.4 Å². The summed E-state index contributed by atoms with van der Waals surface area (Å²) in [6, 6.07) is 8.18. The molecule has 0 aliphatic carbocycles. The van der Waals surface area contributed by atoms with Crippen molar-refractivity contribution in [2.24, 2.45) is 4.99 Å². The Bertz CT molecular complexity index is 643. The number of guanidine groups is 1. The zero-order valence-corrected chi connectivity index (χ0v) is 18.2. The molecule has 1 aliphatic rings. The molecule has 29 heavy (non-hydrogen) atoms. The van der Waals surface area contributed by atoms with Gasteiger partial charge in [0.15, 0.2) is 5.96 Å². The molecule has 1 aromatic carbocycles. The summed E-state index contributed by atoms with van der Waals surface area (Å²) in [6.45, 7) is 6.95. The van der Waals surface area contributed by atoms with E-state index >= 15 is 0 Å². The van der Waals surface area contributed by atoms with Crippen molar-refractivity contribution in [1.29, 1.82) is 0 Å². The van der Waals surface area contributed by atoms with Crippen LogP contribution in [0.15, 0.2) is 29.3 Å². The Hall–Kier alpha value is -2.44. The molecule has 162 valence electrons. The van der Waals surface area contributed by atoms with Crippen LogP contribution in [0.1, 0.15) is 39.0 Å². The lowest BCUT2D eigenvalue weighted by atomic mass is 10.1. The quantitative estimate of drug-likeness (QED) is 0.280. The van der Waals surface area contributed by atoms with Gasteiger partial charge in [-0.2, -0.15) is 0 Å². The smallest absolute Gasteiger partial charge is 0.305 e. The number of ether oxygens (including phenoxy) is 2. The van der Waals surface area contributed by atoms with Gasteiger partial charge in [-0.05, 0) is 31.9 Å².